The fraction of sp³-hybridized carbons (Fsp3) is 0.263. The number of thioether (sulfide) groups is 1. The standard InChI is InChI=1S/C19H19ClN2O3S/c1-2-9-25-16-8-7-13(20)10-14(16)21-18(23)11-22-15-5-3-4-6-17(15)26-12-19(22)24/h3-8,10H,2,9,11-12H2,1H3,(H,21,23). The lowest BCUT2D eigenvalue weighted by Gasteiger charge is -2.28. The van der Waals surface area contributed by atoms with E-state index in [-0.39, 0.29) is 18.4 Å². The average Bonchev–Trinajstić information content (AvgIpc) is 2.63. The van der Waals surface area contributed by atoms with Crippen molar-refractivity contribution in [2.24, 2.45) is 0 Å². The van der Waals surface area contributed by atoms with E-state index in [1.165, 1.54) is 16.7 Å². The van der Waals surface area contributed by atoms with Crippen LogP contribution in [0.2, 0.25) is 5.02 Å². The highest BCUT2D eigenvalue weighted by atomic mass is 35.5. The quantitative estimate of drug-likeness (QED) is 0.802. The highest BCUT2D eigenvalue weighted by Crippen LogP contribution is 2.35. The van der Waals surface area contributed by atoms with Crippen molar-refractivity contribution in [2.45, 2.75) is 18.2 Å². The van der Waals surface area contributed by atoms with E-state index in [9.17, 15) is 9.59 Å². The van der Waals surface area contributed by atoms with Gasteiger partial charge in [-0.2, -0.15) is 0 Å². The Morgan fingerprint density at radius 1 is 1.31 bits per heavy atom. The highest BCUT2D eigenvalue weighted by molar-refractivity contribution is 8.00. The summed E-state index contributed by atoms with van der Waals surface area (Å²) in [5.41, 5.74) is 1.26. The number of hydrogen-bond acceptors (Lipinski definition) is 4. The lowest BCUT2D eigenvalue weighted by Crippen LogP contribution is -2.41. The summed E-state index contributed by atoms with van der Waals surface area (Å²) in [6, 6.07) is 12.7. The second kappa shape index (κ2) is 8.47. The first kappa shape index (κ1) is 18.6. The second-order valence-corrected chi connectivity index (χ2v) is 7.23. The van der Waals surface area contributed by atoms with Gasteiger partial charge in [0, 0.05) is 9.92 Å². The fourth-order valence-corrected chi connectivity index (χ4v) is 3.71. The number of para-hydroxylation sites is 1. The molecule has 1 aliphatic heterocycles. The van der Waals surface area contributed by atoms with Gasteiger partial charge in [0.15, 0.2) is 0 Å². The van der Waals surface area contributed by atoms with Crippen molar-refractivity contribution < 1.29 is 14.3 Å². The Balaban J connectivity index is 1.75. The molecule has 0 saturated heterocycles. The molecule has 1 heterocycles. The maximum atomic E-state index is 12.6. The minimum atomic E-state index is -0.302. The lowest BCUT2D eigenvalue weighted by molar-refractivity contribution is -0.120. The molecule has 0 unspecified atom stereocenters. The Hall–Kier alpha value is -2.18. The van der Waals surface area contributed by atoms with E-state index in [0.717, 1.165) is 17.0 Å². The zero-order chi connectivity index (χ0) is 18.5. The molecule has 0 bridgehead atoms. The monoisotopic (exact) mass is 390 g/mol. The maximum Gasteiger partial charge on any atom is 0.244 e. The van der Waals surface area contributed by atoms with Crippen molar-refractivity contribution in [2.75, 3.05) is 29.1 Å². The molecule has 0 radical (unpaired) electrons. The summed E-state index contributed by atoms with van der Waals surface area (Å²) < 4.78 is 5.65. The molecule has 5 nitrogen and oxygen atoms in total. The van der Waals surface area contributed by atoms with Crippen molar-refractivity contribution in [3.63, 3.8) is 0 Å². The average molecular weight is 391 g/mol. The van der Waals surface area contributed by atoms with Crippen molar-refractivity contribution >= 4 is 46.6 Å². The number of hydrogen-bond donors (Lipinski definition) is 1. The van der Waals surface area contributed by atoms with E-state index >= 15 is 0 Å². The van der Waals surface area contributed by atoms with Gasteiger partial charge in [0.2, 0.25) is 11.8 Å². The van der Waals surface area contributed by atoms with Crippen molar-refractivity contribution in [1.82, 2.24) is 0 Å². The number of rotatable bonds is 6. The zero-order valence-corrected chi connectivity index (χ0v) is 15.9. The van der Waals surface area contributed by atoms with Crippen LogP contribution >= 0.6 is 23.4 Å². The van der Waals surface area contributed by atoms with E-state index < -0.39 is 0 Å². The predicted octanol–water partition coefficient (Wildman–Crippen LogP) is 4.21. The van der Waals surface area contributed by atoms with Crippen LogP contribution in [-0.4, -0.2) is 30.7 Å². The third kappa shape index (κ3) is 4.31. The molecule has 0 saturated carbocycles. The van der Waals surface area contributed by atoms with E-state index in [1.807, 2.05) is 31.2 Å². The van der Waals surface area contributed by atoms with Gasteiger partial charge in [0.1, 0.15) is 12.3 Å². The molecule has 0 aliphatic carbocycles. The minimum Gasteiger partial charge on any atom is -0.491 e. The van der Waals surface area contributed by atoms with Crippen LogP contribution in [0.4, 0.5) is 11.4 Å². The molecular formula is C19H19ClN2O3S. The van der Waals surface area contributed by atoms with Gasteiger partial charge in [0.25, 0.3) is 0 Å². The number of fused-ring (bicyclic) bond motifs is 1. The molecule has 2 aromatic carbocycles. The summed E-state index contributed by atoms with van der Waals surface area (Å²) in [6.45, 7) is 2.49. The number of nitrogens with one attached hydrogen (secondary N) is 1. The summed E-state index contributed by atoms with van der Waals surface area (Å²) in [6.07, 6.45) is 0.854. The molecule has 0 spiro atoms. The number of ether oxygens (including phenoxy) is 1. The van der Waals surface area contributed by atoms with Crippen LogP contribution < -0.4 is 15.0 Å². The van der Waals surface area contributed by atoms with Gasteiger partial charge in [-0.05, 0) is 36.8 Å². The first-order valence-electron chi connectivity index (χ1n) is 8.33. The molecule has 0 fully saturated rings. The molecule has 1 N–H and O–H groups in total. The fourth-order valence-electron chi connectivity index (χ4n) is 2.60. The molecule has 3 rings (SSSR count). The molecule has 7 heteroatoms. The number of benzene rings is 2. The van der Waals surface area contributed by atoms with Gasteiger partial charge in [-0.1, -0.05) is 30.7 Å². The van der Waals surface area contributed by atoms with Crippen LogP contribution in [-0.2, 0) is 9.59 Å². The Kier molecular flexibility index (Phi) is 6.06. The largest absolute Gasteiger partial charge is 0.491 e. The van der Waals surface area contributed by atoms with E-state index in [4.69, 9.17) is 16.3 Å². The summed E-state index contributed by atoms with van der Waals surface area (Å²) in [4.78, 5) is 27.4. The van der Waals surface area contributed by atoms with E-state index in [1.54, 1.807) is 18.2 Å². The molecule has 0 atom stereocenters. The Bertz CT molecular complexity index is 828. The van der Waals surface area contributed by atoms with Gasteiger partial charge >= 0.3 is 0 Å². The van der Waals surface area contributed by atoms with Crippen molar-refractivity contribution in [3.8, 4) is 5.75 Å². The summed E-state index contributed by atoms with van der Waals surface area (Å²) >= 11 is 7.53. The van der Waals surface area contributed by atoms with Crippen LogP contribution in [0, 0.1) is 0 Å². The topological polar surface area (TPSA) is 58.6 Å². The zero-order valence-electron chi connectivity index (χ0n) is 14.3. The third-order valence-electron chi connectivity index (χ3n) is 3.79. The van der Waals surface area contributed by atoms with Gasteiger partial charge in [-0.25, -0.2) is 0 Å². The molecule has 0 aromatic heterocycles. The number of anilines is 2. The van der Waals surface area contributed by atoms with E-state index in [0.29, 0.717) is 28.8 Å². The predicted molar refractivity (Wildman–Crippen MR) is 105 cm³/mol. The second-order valence-electron chi connectivity index (χ2n) is 5.77. The van der Waals surface area contributed by atoms with Crippen molar-refractivity contribution in [1.29, 1.82) is 0 Å². The number of halogens is 1. The number of carbonyl (C=O) groups excluding carboxylic acids is 2. The van der Waals surface area contributed by atoms with Crippen molar-refractivity contribution in [3.05, 3.63) is 47.5 Å². The van der Waals surface area contributed by atoms with Crippen LogP contribution in [0.3, 0.4) is 0 Å². The van der Waals surface area contributed by atoms with Gasteiger partial charge < -0.3 is 15.0 Å². The molecule has 2 aromatic rings. The molecule has 2 amide bonds. The summed E-state index contributed by atoms with van der Waals surface area (Å²) in [5.74, 6) is 0.498. The molecule has 26 heavy (non-hydrogen) atoms. The molecule has 1 aliphatic rings. The van der Waals surface area contributed by atoms with Crippen LogP contribution in [0.25, 0.3) is 0 Å². The molecular weight excluding hydrogens is 372 g/mol. The summed E-state index contributed by atoms with van der Waals surface area (Å²) in [7, 11) is 0. The smallest absolute Gasteiger partial charge is 0.244 e. The Morgan fingerprint density at radius 2 is 2.12 bits per heavy atom. The highest BCUT2D eigenvalue weighted by Gasteiger charge is 2.26. The molecule has 136 valence electrons. The first-order valence-corrected chi connectivity index (χ1v) is 9.69. The number of nitrogens with zero attached hydrogens (tertiary/aromatic N) is 1. The first-order chi connectivity index (χ1) is 12.6. The SMILES string of the molecule is CCCOc1ccc(Cl)cc1NC(=O)CN1C(=O)CSc2ccccc21. The van der Waals surface area contributed by atoms with Crippen LogP contribution in [0.1, 0.15) is 13.3 Å². The summed E-state index contributed by atoms with van der Waals surface area (Å²) in [5, 5.41) is 3.31. The normalized spacial score (nSPS) is 13.3. The van der Waals surface area contributed by atoms with Gasteiger partial charge in [0.05, 0.1) is 23.7 Å². The third-order valence-corrected chi connectivity index (χ3v) is 5.07. The van der Waals surface area contributed by atoms with Crippen LogP contribution in [0.15, 0.2) is 47.4 Å². The number of carbonyl (C=O) groups is 2. The lowest BCUT2D eigenvalue weighted by atomic mass is 10.2. The Labute approximate surface area is 161 Å². The van der Waals surface area contributed by atoms with Crippen LogP contribution in [0.5, 0.6) is 5.75 Å². The van der Waals surface area contributed by atoms with Gasteiger partial charge in [-0.3, -0.25) is 9.59 Å². The maximum absolute atomic E-state index is 12.6. The minimum absolute atomic E-state index is 0.0594. The number of amides is 2. The van der Waals surface area contributed by atoms with E-state index in [2.05, 4.69) is 5.32 Å². The van der Waals surface area contributed by atoms with Gasteiger partial charge in [-0.15, -0.1) is 11.8 Å². The Morgan fingerprint density at radius 3 is 2.92 bits per heavy atom.